The fourth-order valence-corrected chi connectivity index (χ4v) is 4.21. The number of hydrogen-bond acceptors (Lipinski definition) is 7. The molecule has 0 aliphatic carbocycles. The van der Waals surface area contributed by atoms with Crippen molar-refractivity contribution in [1.82, 2.24) is 24.8 Å². The van der Waals surface area contributed by atoms with Gasteiger partial charge in [-0.05, 0) is 60.1 Å². The van der Waals surface area contributed by atoms with Gasteiger partial charge in [0.2, 0.25) is 11.7 Å². The monoisotopic (exact) mass is 454 g/mol. The largest absolute Gasteiger partial charge is 0.444 e. The molecule has 0 saturated carbocycles. The van der Waals surface area contributed by atoms with E-state index in [-0.39, 0.29) is 18.1 Å². The highest BCUT2D eigenvalue weighted by atomic mass is 16.6. The second-order valence-electron chi connectivity index (χ2n) is 9.95. The fraction of sp³-hybridized carbons (Fsp3) is 0.583. The van der Waals surface area contributed by atoms with Gasteiger partial charge in [-0.25, -0.2) is 4.79 Å². The maximum Gasteiger partial charge on any atom is 0.410 e. The van der Waals surface area contributed by atoms with Crippen LogP contribution in [0.5, 0.6) is 0 Å². The molecule has 3 heterocycles. The highest BCUT2D eigenvalue weighted by Gasteiger charge is 2.30. The number of nitrogens with zero attached hydrogens (tertiary/aromatic N) is 5. The minimum absolute atomic E-state index is 0.131. The average Bonchev–Trinajstić information content (AvgIpc) is 3.38. The zero-order chi connectivity index (χ0) is 23.8. The van der Waals surface area contributed by atoms with Crippen LogP contribution in [0.25, 0.3) is 22.3 Å². The Morgan fingerprint density at radius 3 is 2.64 bits per heavy atom. The smallest absolute Gasteiger partial charge is 0.410 e. The molecule has 0 radical (unpaired) electrons. The summed E-state index contributed by atoms with van der Waals surface area (Å²) in [6, 6.07) is 6.37. The molecule has 1 amide bonds. The number of nitrogens with two attached hydrogens (primary N) is 1. The van der Waals surface area contributed by atoms with Crippen LogP contribution in [0.1, 0.15) is 71.0 Å². The third-order valence-corrected chi connectivity index (χ3v) is 5.85. The predicted molar refractivity (Wildman–Crippen MR) is 126 cm³/mol. The van der Waals surface area contributed by atoms with E-state index < -0.39 is 5.60 Å². The van der Waals surface area contributed by atoms with Gasteiger partial charge < -0.3 is 19.9 Å². The van der Waals surface area contributed by atoms with Crippen LogP contribution in [0.3, 0.4) is 0 Å². The molecule has 9 nitrogen and oxygen atoms in total. The number of aromatic nitrogens is 4. The lowest BCUT2D eigenvalue weighted by atomic mass is 9.97. The summed E-state index contributed by atoms with van der Waals surface area (Å²) in [5.41, 5.74) is 8.23. The molecule has 9 heteroatoms. The Bertz CT molecular complexity index is 1120. The third kappa shape index (κ3) is 5.03. The molecule has 4 rings (SSSR count). The molecule has 1 fully saturated rings. The Hall–Kier alpha value is -2.94. The van der Waals surface area contributed by atoms with Gasteiger partial charge in [0.15, 0.2) is 0 Å². The summed E-state index contributed by atoms with van der Waals surface area (Å²) < 4.78 is 13.1. The van der Waals surface area contributed by atoms with Crippen LogP contribution in [-0.2, 0) is 11.2 Å². The summed E-state index contributed by atoms with van der Waals surface area (Å²) in [6.45, 7) is 11.6. The molecule has 1 aliphatic rings. The summed E-state index contributed by atoms with van der Waals surface area (Å²) in [5, 5.41) is 10.1. The minimum atomic E-state index is -0.494. The van der Waals surface area contributed by atoms with Gasteiger partial charge in [-0.2, -0.15) is 10.1 Å². The molecule has 0 spiro atoms. The molecule has 1 saturated heterocycles. The normalized spacial score (nSPS) is 15.5. The van der Waals surface area contributed by atoms with Crippen LogP contribution in [0, 0.1) is 0 Å². The van der Waals surface area contributed by atoms with Crippen molar-refractivity contribution in [1.29, 1.82) is 0 Å². The van der Waals surface area contributed by atoms with Crippen molar-refractivity contribution in [3.8, 4) is 11.4 Å². The number of benzene rings is 1. The lowest BCUT2D eigenvalue weighted by Gasteiger charge is -2.32. The second-order valence-corrected chi connectivity index (χ2v) is 9.95. The van der Waals surface area contributed by atoms with Gasteiger partial charge in [-0.3, -0.25) is 4.68 Å². The van der Waals surface area contributed by atoms with Crippen molar-refractivity contribution in [2.75, 3.05) is 19.6 Å². The maximum atomic E-state index is 12.3. The summed E-state index contributed by atoms with van der Waals surface area (Å²) in [7, 11) is 0. The van der Waals surface area contributed by atoms with E-state index in [1.165, 1.54) is 0 Å². The molecule has 1 aromatic carbocycles. The van der Waals surface area contributed by atoms with E-state index >= 15 is 0 Å². The zero-order valence-electron chi connectivity index (χ0n) is 20.2. The number of fused-ring (bicyclic) bond motifs is 1. The fourth-order valence-electron chi connectivity index (χ4n) is 4.21. The van der Waals surface area contributed by atoms with Crippen LogP contribution in [0.15, 0.2) is 22.7 Å². The molecular formula is C24H34N6O3. The van der Waals surface area contributed by atoms with Crippen molar-refractivity contribution in [3.05, 3.63) is 29.8 Å². The highest BCUT2D eigenvalue weighted by molar-refractivity contribution is 5.86. The Labute approximate surface area is 194 Å². The summed E-state index contributed by atoms with van der Waals surface area (Å²) >= 11 is 0. The van der Waals surface area contributed by atoms with E-state index in [2.05, 4.69) is 31.1 Å². The van der Waals surface area contributed by atoms with E-state index in [4.69, 9.17) is 25.1 Å². The maximum absolute atomic E-state index is 12.3. The minimum Gasteiger partial charge on any atom is -0.444 e. The molecule has 33 heavy (non-hydrogen) atoms. The first-order chi connectivity index (χ1) is 15.7. The number of hydrogen-bond donors (Lipinski definition) is 1. The molecule has 178 valence electrons. The molecule has 3 aromatic rings. The number of likely N-dealkylation sites (tertiary alicyclic amines) is 1. The van der Waals surface area contributed by atoms with Gasteiger partial charge in [0.05, 0.1) is 11.2 Å². The number of piperidine rings is 1. The van der Waals surface area contributed by atoms with Crippen molar-refractivity contribution < 1.29 is 14.1 Å². The first-order valence-corrected chi connectivity index (χ1v) is 11.7. The summed E-state index contributed by atoms with van der Waals surface area (Å²) in [4.78, 5) is 18.8. The molecule has 0 unspecified atom stereocenters. The first kappa shape index (κ1) is 23.2. The lowest BCUT2D eigenvalue weighted by molar-refractivity contribution is 0.0198. The Morgan fingerprint density at radius 1 is 1.27 bits per heavy atom. The standard InChI is InChI=1S/C24H34N6O3/c1-15(2)30-20-14-17(6-7-18(20)19(27-30)8-11-25)21-26-22(33-28-21)16-9-12-29(13-10-16)23(31)32-24(3,4)5/h6-7,14-16H,8-13,25H2,1-5H3. The molecule has 2 aromatic heterocycles. The topological polar surface area (TPSA) is 112 Å². The number of carbonyl (C=O) groups excluding carboxylic acids is 1. The van der Waals surface area contributed by atoms with Gasteiger partial charge >= 0.3 is 6.09 Å². The zero-order valence-corrected chi connectivity index (χ0v) is 20.2. The van der Waals surface area contributed by atoms with E-state index in [9.17, 15) is 4.79 Å². The first-order valence-electron chi connectivity index (χ1n) is 11.7. The third-order valence-electron chi connectivity index (χ3n) is 5.85. The molecule has 1 aliphatic heterocycles. The predicted octanol–water partition coefficient (Wildman–Crippen LogP) is 4.28. The molecular weight excluding hydrogens is 420 g/mol. The number of rotatable bonds is 5. The van der Waals surface area contributed by atoms with Gasteiger partial charge in [0, 0.05) is 42.4 Å². The number of amides is 1. The van der Waals surface area contributed by atoms with Crippen LogP contribution in [0.4, 0.5) is 4.79 Å². The SMILES string of the molecule is CC(C)n1nc(CCN)c2ccc(-c3noc(C4CCN(C(=O)OC(C)(C)C)CC4)n3)cc21. The van der Waals surface area contributed by atoms with E-state index in [0.717, 1.165) is 41.4 Å². The van der Waals surface area contributed by atoms with Gasteiger partial charge in [-0.15, -0.1) is 0 Å². The van der Waals surface area contributed by atoms with E-state index in [1.807, 2.05) is 31.5 Å². The van der Waals surface area contributed by atoms with Gasteiger partial charge in [0.1, 0.15) is 5.60 Å². The van der Waals surface area contributed by atoms with Crippen LogP contribution in [0.2, 0.25) is 0 Å². The number of ether oxygens (including phenoxy) is 1. The van der Waals surface area contributed by atoms with Crippen LogP contribution in [-0.4, -0.2) is 56.1 Å². The van der Waals surface area contributed by atoms with Gasteiger partial charge in [0.25, 0.3) is 0 Å². The molecule has 2 N–H and O–H groups in total. The molecule has 0 atom stereocenters. The quantitative estimate of drug-likeness (QED) is 0.612. The van der Waals surface area contributed by atoms with E-state index in [0.29, 0.717) is 31.3 Å². The summed E-state index contributed by atoms with van der Waals surface area (Å²) in [6.07, 6.45) is 2.01. The second kappa shape index (κ2) is 9.13. The highest BCUT2D eigenvalue weighted by Crippen LogP contribution is 2.31. The Kier molecular flexibility index (Phi) is 6.43. The Morgan fingerprint density at radius 2 is 2.00 bits per heavy atom. The average molecular weight is 455 g/mol. The van der Waals surface area contributed by atoms with Gasteiger partial charge in [-0.1, -0.05) is 17.3 Å². The van der Waals surface area contributed by atoms with E-state index in [1.54, 1.807) is 4.90 Å². The van der Waals surface area contributed by atoms with Crippen LogP contribution < -0.4 is 5.73 Å². The Balaban J connectivity index is 1.50. The van der Waals surface area contributed by atoms with Crippen molar-refractivity contribution >= 4 is 17.0 Å². The number of carbonyl (C=O) groups is 1. The summed E-state index contributed by atoms with van der Waals surface area (Å²) in [5.74, 6) is 1.32. The molecule has 0 bridgehead atoms. The van der Waals surface area contributed by atoms with Crippen molar-refractivity contribution in [3.63, 3.8) is 0 Å². The van der Waals surface area contributed by atoms with Crippen LogP contribution >= 0.6 is 0 Å². The van der Waals surface area contributed by atoms with Crippen molar-refractivity contribution in [2.24, 2.45) is 5.73 Å². The lowest BCUT2D eigenvalue weighted by Crippen LogP contribution is -2.41. The van der Waals surface area contributed by atoms with Crippen molar-refractivity contribution in [2.45, 2.75) is 71.4 Å².